The van der Waals surface area contributed by atoms with Crippen LogP contribution in [-0.2, 0) is 0 Å². The molecule has 0 atom stereocenters. The molecule has 6 nitrogen and oxygen atoms in total. The minimum atomic E-state index is 0.634. The Hall–Kier alpha value is -6.01. The molecule has 0 aliphatic carbocycles. The first-order chi connectivity index (χ1) is 21.3. The minimum Gasteiger partial charge on any atom is -0.309 e. The molecule has 0 saturated heterocycles. The van der Waals surface area contributed by atoms with Gasteiger partial charge >= 0.3 is 0 Å². The van der Waals surface area contributed by atoms with E-state index in [1.807, 2.05) is 54.6 Å². The maximum Gasteiger partial charge on any atom is 0.160 e. The summed E-state index contributed by atoms with van der Waals surface area (Å²) in [5.41, 5.74) is 9.05. The predicted octanol–water partition coefficient (Wildman–Crippen LogP) is 8.43. The third-order valence-corrected chi connectivity index (χ3v) is 7.60. The average Bonchev–Trinajstić information content (AvgIpc) is 3.43. The lowest BCUT2D eigenvalue weighted by Gasteiger charge is -2.11. The van der Waals surface area contributed by atoms with Gasteiger partial charge in [-0.2, -0.15) is 0 Å². The molecule has 8 aromatic rings. The van der Waals surface area contributed by atoms with Gasteiger partial charge in [0.25, 0.3) is 0 Å². The molecule has 4 aromatic heterocycles. The molecular weight excluding hydrogens is 528 g/mol. The number of hydrogen-bond donors (Lipinski definition) is 0. The van der Waals surface area contributed by atoms with Crippen LogP contribution < -0.4 is 0 Å². The number of hydrogen-bond acceptors (Lipinski definition) is 5. The SMILES string of the molecule is c1ccc(-c2nc(-c3ccc(-n4c5ccccc5c5ccccc54)cc3)cc(-c3cnc(-c4ccccn4)cn3)n2)cc1. The lowest BCUT2D eigenvalue weighted by molar-refractivity contribution is 1.13. The molecule has 0 radical (unpaired) electrons. The van der Waals surface area contributed by atoms with Crippen LogP contribution in [0.5, 0.6) is 0 Å². The van der Waals surface area contributed by atoms with E-state index in [0.717, 1.165) is 28.2 Å². The van der Waals surface area contributed by atoms with Crippen LogP contribution in [0.25, 0.3) is 72.9 Å². The fourth-order valence-corrected chi connectivity index (χ4v) is 5.53. The largest absolute Gasteiger partial charge is 0.309 e. The van der Waals surface area contributed by atoms with Gasteiger partial charge in [0, 0.05) is 33.8 Å². The van der Waals surface area contributed by atoms with Crippen LogP contribution >= 0.6 is 0 Å². The zero-order valence-corrected chi connectivity index (χ0v) is 23.0. The van der Waals surface area contributed by atoms with Crippen molar-refractivity contribution < 1.29 is 0 Å². The first-order valence-corrected chi connectivity index (χ1v) is 14.1. The van der Waals surface area contributed by atoms with Gasteiger partial charge in [0.15, 0.2) is 5.82 Å². The molecule has 0 bridgehead atoms. The minimum absolute atomic E-state index is 0.634. The van der Waals surface area contributed by atoms with Crippen LogP contribution in [0.1, 0.15) is 0 Å². The summed E-state index contributed by atoms with van der Waals surface area (Å²) < 4.78 is 2.31. The van der Waals surface area contributed by atoms with Crippen molar-refractivity contribution in [3.63, 3.8) is 0 Å². The van der Waals surface area contributed by atoms with Crippen molar-refractivity contribution in [3.05, 3.63) is 146 Å². The predicted molar refractivity (Wildman–Crippen MR) is 171 cm³/mol. The Kier molecular flexibility index (Phi) is 6.01. The summed E-state index contributed by atoms with van der Waals surface area (Å²) in [5, 5.41) is 2.48. The van der Waals surface area contributed by atoms with Crippen LogP contribution in [0.4, 0.5) is 0 Å². The van der Waals surface area contributed by atoms with Crippen LogP contribution in [0.2, 0.25) is 0 Å². The van der Waals surface area contributed by atoms with Crippen LogP contribution in [0.3, 0.4) is 0 Å². The molecule has 0 amide bonds. The van der Waals surface area contributed by atoms with Crippen molar-refractivity contribution in [1.29, 1.82) is 0 Å². The van der Waals surface area contributed by atoms with Gasteiger partial charge in [-0.3, -0.25) is 15.0 Å². The summed E-state index contributed by atoms with van der Waals surface area (Å²) in [6, 6.07) is 43.4. The Morgan fingerprint density at radius 2 is 1.02 bits per heavy atom. The Morgan fingerprint density at radius 1 is 0.419 bits per heavy atom. The monoisotopic (exact) mass is 552 g/mol. The molecular formula is C37H24N6. The van der Waals surface area contributed by atoms with Gasteiger partial charge in [-0.05, 0) is 42.5 Å². The van der Waals surface area contributed by atoms with Crippen molar-refractivity contribution in [3.8, 4) is 51.1 Å². The number of benzene rings is 4. The second-order valence-corrected chi connectivity index (χ2v) is 10.2. The zero-order chi connectivity index (χ0) is 28.6. The fraction of sp³-hybridized carbons (Fsp3) is 0. The topological polar surface area (TPSA) is 69.4 Å². The number of pyridine rings is 1. The highest BCUT2D eigenvalue weighted by Crippen LogP contribution is 2.33. The lowest BCUT2D eigenvalue weighted by Crippen LogP contribution is -1.98. The first-order valence-electron chi connectivity index (χ1n) is 14.1. The van der Waals surface area contributed by atoms with Gasteiger partial charge in [0.2, 0.25) is 0 Å². The number of fused-ring (bicyclic) bond motifs is 3. The van der Waals surface area contributed by atoms with E-state index >= 15 is 0 Å². The normalized spacial score (nSPS) is 11.3. The van der Waals surface area contributed by atoms with Crippen molar-refractivity contribution in [2.75, 3.05) is 0 Å². The Bertz CT molecular complexity index is 2150. The van der Waals surface area contributed by atoms with E-state index in [0.29, 0.717) is 22.9 Å². The highest BCUT2D eigenvalue weighted by molar-refractivity contribution is 6.09. The van der Waals surface area contributed by atoms with E-state index in [9.17, 15) is 0 Å². The summed E-state index contributed by atoms with van der Waals surface area (Å²) in [4.78, 5) is 23.6. The highest BCUT2D eigenvalue weighted by Gasteiger charge is 2.14. The summed E-state index contributed by atoms with van der Waals surface area (Å²) in [5.74, 6) is 0.634. The average molecular weight is 553 g/mol. The fourth-order valence-electron chi connectivity index (χ4n) is 5.53. The van der Waals surface area contributed by atoms with Crippen molar-refractivity contribution in [2.24, 2.45) is 0 Å². The van der Waals surface area contributed by atoms with Gasteiger partial charge in [-0.15, -0.1) is 0 Å². The maximum atomic E-state index is 4.98. The molecule has 202 valence electrons. The highest BCUT2D eigenvalue weighted by atomic mass is 15.0. The van der Waals surface area contributed by atoms with Gasteiger partial charge in [-0.25, -0.2) is 9.97 Å². The third kappa shape index (κ3) is 4.51. The molecule has 0 unspecified atom stereocenters. The summed E-state index contributed by atoms with van der Waals surface area (Å²) in [7, 11) is 0. The molecule has 6 heteroatoms. The quantitative estimate of drug-likeness (QED) is 0.214. The summed E-state index contributed by atoms with van der Waals surface area (Å²) >= 11 is 0. The van der Waals surface area contributed by atoms with Crippen molar-refractivity contribution in [2.45, 2.75) is 0 Å². The molecule has 0 spiro atoms. The molecule has 4 aromatic carbocycles. The second kappa shape index (κ2) is 10.4. The smallest absolute Gasteiger partial charge is 0.160 e. The third-order valence-electron chi connectivity index (χ3n) is 7.60. The van der Waals surface area contributed by atoms with Crippen LogP contribution in [-0.4, -0.2) is 29.5 Å². The van der Waals surface area contributed by atoms with E-state index < -0.39 is 0 Å². The van der Waals surface area contributed by atoms with Gasteiger partial charge in [-0.1, -0.05) is 84.9 Å². The van der Waals surface area contributed by atoms with Gasteiger partial charge in [0.1, 0.15) is 11.4 Å². The Labute approximate surface area is 248 Å². The maximum absolute atomic E-state index is 4.98. The molecule has 0 fully saturated rings. The molecule has 0 aliphatic heterocycles. The number of para-hydroxylation sites is 2. The molecule has 0 saturated carbocycles. The van der Waals surface area contributed by atoms with Gasteiger partial charge in [0.05, 0.1) is 40.5 Å². The van der Waals surface area contributed by atoms with E-state index in [1.54, 1.807) is 18.6 Å². The van der Waals surface area contributed by atoms with E-state index in [4.69, 9.17) is 15.0 Å². The zero-order valence-electron chi connectivity index (χ0n) is 23.0. The first kappa shape index (κ1) is 24.8. The molecule has 8 rings (SSSR count). The van der Waals surface area contributed by atoms with Crippen molar-refractivity contribution >= 4 is 21.8 Å². The Morgan fingerprint density at radius 3 is 1.67 bits per heavy atom. The number of rotatable bonds is 5. The van der Waals surface area contributed by atoms with Crippen LogP contribution in [0.15, 0.2) is 146 Å². The standard InChI is InChI=1S/C37H24N6/c1-2-10-26(11-3-1)37-41-31(22-32(42-37)34-24-39-33(23-40-34)30-14-8-9-21-38-30)25-17-19-27(20-18-25)43-35-15-6-4-12-28(35)29-13-5-7-16-36(29)43/h1-24H. The van der Waals surface area contributed by atoms with Gasteiger partial charge < -0.3 is 4.57 Å². The molecule has 0 aliphatic rings. The van der Waals surface area contributed by atoms with E-state index in [-0.39, 0.29) is 0 Å². The number of nitrogens with zero attached hydrogens (tertiary/aromatic N) is 6. The Balaban J connectivity index is 1.22. The second-order valence-electron chi connectivity index (χ2n) is 10.2. The van der Waals surface area contributed by atoms with E-state index in [2.05, 4.69) is 87.3 Å². The van der Waals surface area contributed by atoms with Crippen LogP contribution in [0, 0.1) is 0 Å². The molecule has 0 N–H and O–H groups in total. The van der Waals surface area contributed by atoms with Crippen molar-refractivity contribution in [1.82, 2.24) is 29.5 Å². The summed E-state index contributed by atoms with van der Waals surface area (Å²) in [6.07, 6.45) is 5.23. The van der Waals surface area contributed by atoms with E-state index in [1.165, 1.54) is 21.8 Å². The molecule has 4 heterocycles. The molecule has 43 heavy (non-hydrogen) atoms. The summed E-state index contributed by atoms with van der Waals surface area (Å²) in [6.45, 7) is 0. The lowest BCUT2D eigenvalue weighted by atomic mass is 10.1. The number of aromatic nitrogens is 6.